The van der Waals surface area contributed by atoms with Gasteiger partial charge >= 0.3 is 0 Å². The van der Waals surface area contributed by atoms with Crippen molar-refractivity contribution in [2.75, 3.05) is 13.2 Å². The molecule has 3 N–H and O–H groups in total. The zero-order chi connectivity index (χ0) is 12.3. The van der Waals surface area contributed by atoms with Crippen molar-refractivity contribution in [3.05, 3.63) is 36.0 Å². The van der Waals surface area contributed by atoms with E-state index in [2.05, 4.69) is 10.3 Å². The fraction of sp³-hybridized carbons (Fsp3) is 0.167. The Labute approximate surface area is 97.7 Å². The van der Waals surface area contributed by atoms with Gasteiger partial charge in [0, 0.05) is 11.9 Å². The van der Waals surface area contributed by atoms with Crippen molar-refractivity contribution >= 4 is 16.8 Å². The minimum absolute atomic E-state index is 0.143. The Balaban J connectivity index is 2.51. The van der Waals surface area contributed by atoms with Gasteiger partial charge in [0.25, 0.3) is 5.91 Å². The number of aromatic hydroxyl groups is 1. The highest BCUT2D eigenvalue weighted by Crippen LogP contribution is 2.24. The van der Waals surface area contributed by atoms with Gasteiger partial charge in [-0.15, -0.1) is 0 Å². The maximum atomic E-state index is 11.8. The molecule has 0 aliphatic rings. The molecule has 5 heteroatoms. The Bertz CT molecular complexity index is 554. The van der Waals surface area contributed by atoms with E-state index < -0.39 is 5.91 Å². The lowest BCUT2D eigenvalue weighted by molar-refractivity contribution is 0.0944. The van der Waals surface area contributed by atoms with Crippen LogP contribution in [0.5, 0.6) is 5.75 Å². The average molecular weight is 232 g/mol. The molecule has 1 heterocycles. The molecule has 88 valence electrons. The Morgan fingerprint density at radius 2 is 2.12 bits per heavy atom. The number of benzene rings is 1. The first-order chi connectivity index (χ1) is 8.24. The van der Waals surface area contributed by atoms with Gasteiger partial charge < -0.3 is 15.5 Å². The molecule has 0 aliphatic carbocycles. The molecule has 0 aliphatic heterocycles. The summed E-state index contributed by atoms with van der Waals surface area (Å²) in [6.45, 7) is 0.00441. The van der Waals surface area contributed by atoms with Gasteiger partial charge in [-0.3, -0.25) is 9.78 Å². The molecule has 17 heavy (non-hydrogen) atoms. The summed E-state index contributed by atoms with van der Waals surface area (Å²) in [5.74, 6) is -0.589. The van der Waals surface area contributed by atoms with Crippen molar-refractivity contribution < 1.29 is 15.0 Å². The van der Waals surface area contributed by atoms with Crippen LogP contribution in [0.15, 0.2) is 30.5 Å². The van der Waals surface area contributed by atoms with Gasteiger partial charge in [0.2, 0.25) is 0 Å². The van der Waals surface area contributed by atoms with E-state index in [1.54, 1.807) is 18.2 Å². The summed E-state index contributed by atoms with van der Waals surface area (Å²) in [5.41, 5.74) is 0.823. The first-order valence-electron chi connectivity index (χ1n) is 5.20. The van der Waals surface area contributed by atoms with E-state index in [0.717, 1.165) is 0 Å². The number of aliphatic hydroxyl groups is 1. The first kappa shape index (κ1) is 11.3. The van der Waals surface area contributed by atoms with E-state index in [-0.39, 0.29) is 24.5 Å². The van der Waals surface area contributed by atoms with Crippen LogP contribution in [0.25, 0.3) is 10.9 Å². The van der Waals surface area contributed by atoms with Gasteiger partial charge in [0.1, 0.15) is 5.75 Å². The van der Waals surface area contributed by atoms with Gasteiger partial charge in [-0.05, 0) is 6.07 Å². The number of rotatable bonds is 3. The lowest BCUT2D eigenvalue weighted by Gasteiger charge is -2.08. The number of amides is 1. The zero-order valence-corrected chi connectivity index (χ0v) is 9.05. The molecular formula is C12H12N2O3. The molecule has 0 saturated carbocycles. The van der Waals surface area contributed by atoms with Crippen LogP contribution in [-0.2, 0) is 0 Å². The fourth-order valence-electron chi connectivity index (χ4n) is 1.63. The number of aliphatic hydroxyl groups excluding tert-OH is 1. The van der Waals surface area contributed by atoms with Crippen LogP contribution in [0.2, 0.25) is 0 Å². The lowest BCUT2D eigenvalue weighted by Crippen LogP contribution is -2.26. The third-order valence-corrected chi connectivity index (χ3v) is 2.38. The molecule has 2 aromatic rings. The maximum Gasteiger partial charge on any atom is 0.255 e. The monoisotopic (exact) mass is 232 g/mol. The minimum atomic E-state index is -0.421. The topological polar surface area (TPSA) is 82.5 Å². The average Bonchev–Trinajstić information content (AvgIpc) is 2.35. The van der Waals surface area contributed by atoms with Gasteiger partial charge in [0.05, 0.1) is 23.9 Å². The van der Waals surface area contributed by atoms with Gasteiger partial charge in [-0.1, -0.05) is 18.2 Å². The lowest BCUT2D eigenvalue weighted by atomic mass is 10.1. The van der Waals surface area contributed by atoms with E-state index in [4.69, 9.17) is 5.11 Å². The highest BCUT2D eigenvalue weighted by molar-refractivity contribution is 6.08. The first-order valence-corrected chi connectivity index (χ1v) is 5.20. The summed E-state index contributed by atoms with van der Waals surface area (Å²) in [4.78, 5) is 15.9. The normalized spacial score (nSPS) is 10.4. The number of fused-ring (bicyclic) bond motifs is 1. The summed E-state index contributed by atoms with van der Waals surface area (Å²) in [6.07, 6.45) is 1.25. The molecule has 0 spiro atoms. The Hall–Kier alpha value is -2.14. The minimum Gasteiger partial charge on any atom is -0.505 e. The van der Waals surface area contributed by atoms with Gasteiger partial charge in [-0.2, -0.15) is 0 Å². The van der Waals surface area contributed by atoms with Crippen LogP contribution >= 0.6 is 0 Å². The number of hydrogen-bond donors (Lipinski definition) is 3. The van der Waals surface area contributed by atoms with E-state index in [1.165, 1.54) is 6.20 Å². The largest absolute Gasteiger partial charge is 0.505 e. The molecule has 1 amide bonds. The fourth-order valence-corrected chi connectivity index (χ4v) is 1.63. The van der Waals surface area contributed by atoms with Crippen molar-refractivity contribution in [3.63, 3.8) is 0 Å². The second-order valence-electron chi connectivity index (χ2n) is 3.52. The number of carbonyl (C=O) groups is 1. The van der Waals surface area contributed by atoms with Crippen LogP contribution < -0.4 is 5.32 Å². The number of aromatic nitrogens is 1. The number of carbonyl (C=O) groups excluding carboxylic acids is 1. The summed E-state index contributed by atoms with van der Waals surface area (Å²) in [6, 6.07) is 7.06. The van der Waals surface area contributed by atoms with Crippen LogP contribution in [0, 0.1) is 0 Å². The van der Waals surface area contributed by atoms with Crippen LogP contribution in [-0.4, -0.2) is 34.3 Å². The molecule has 2 rings (SSSR count). The summed E-state index contributed by atoms with van der Waals surface area (Å²) in [7, 11) is 0. The Morgan fingerprint density at radius 3 is 2.88 bits per heavy atom. The van der Waals surface area contributed by atoms with Crippen molar-refractivity contribution in [1.29, 1.82) is 0 Å². The van der Waals surface area contributed by atoms with E-state index in [9.17, 15) is 9.90 Å². The molecule has 0 unspecified atom stereocenters. The standard InChI is InChI=1S/C12H12N2O3/c15-6-5-13-12(17)11-8-3-1-2-4-9(8)14-7-10(11)16/h1-4,7,15-16H,5-6H2,(H,13,17). The molecule has 0 radical (unpaired) electrons. The number of pyridine rings is 1. The third-order valence-electron chi connectivity index (χ3n) is 2.38. The molecule has 0 fully saturated rings. The summed E-state index contributed by atoms with van der Waals surface area (Å²) >= 11 is 0. The molecule has 0 atom stereocenters. The predicted octanol–water partition coefficient (Wildman–Crippen LogP) is 0.662. The van der Waals surface area contributed by atoms with Crippen molar-refractivity contribution in [2.45, 2.75) is 0 Å². The number of nitrogens with zero attached hydrogens (tertiary/aromatic N) is 1. The zero-order valence-electron chi connectivity index (χ0n) is 9.05. The van der Waals surface area contributed by atoms with Crippen molar-refractivity contribution in [2.24, 2.45) is 0 Å². The summed E-state index contributed by atoms with van der Waals surface area (Å²) < 4.78 is 0. The van der Waals surface area contributed by atoms with E-state index in [1.807, 2.05) is 6.07 Å². The van der Waals surface area contributed by atoms with E-state index >= 15 is 0 Å². The SMILES string of the molecule is O=C(NCCO)c1c(O)cnc2ccccc12. The Morgan fingerprint density at radius 1 is 1.35 bits per heavy atom. The second kappa shape index (κ2) is 4.80. The molecule has 0 saturated heterocycles. The molecule has 5 nitrogen and oxygen atoms in total. The number of hydrogen-bond acceptors (Lipinski definition) is 4. The van der Waals surface area contributed by atoms with E-state index in [0.29, 0.717) is 10.9 Å². The molecule has 1 aromatic heterocycles. The smallest absolute Gasteiger partial charge is 0.255 e. The maximum absolute atomic E-state index is 11.8. The van der Waals surface area contributed by atoms with Crippen molar-refractivity contribution in [1.82, 2.24) is 10.3 Å². The summed E-state index contributed by atoms with van der Waals surface area (Å²) in [5, 5.41) is 21.4. The highest BCUT2D eigenvalue weighted by atomic mass is 16.3. The molecular weight excluding hydrogens is 220 g/mol. The van der Waals surface area contributed by atoms with Crippen LogP contribution in [0.1, 0.15) is 10.4 Å². The number of para-hydroxylation sites is 1. The van der Waals surface area contributed by atoms with Crippen LogP contribution in [0.4, 0.5) is 0 Å². The quantitative estimate of drug-likeness (QED) is 0.726. The predicted molar refractivity (Wildman–Crippen MR) is 62.8 cm³/mol. The van der Waals surface area contributed by atoms with Crippen molar-refractivity contribution in [3.8, 4) is 5.75 Å². The third kappa shape index (κ3) is 2.19. The molecule has 0 bridgehead atoms. The molecule has 1 aromatic carbocycles. The Kier molecular flexibility index (Phi) is 3.20. The highest BCUT2D eigenvalue weighted by Gasteiger charge is 2.15. The van der Waals surface area contributed by atoms with Gasteiger partial charge in [0.15, 0.2) is 0 Å². The number of nitrogens with one attached hydrogen (secondary N) is 1. The van der Waals surface area contributed by atoms with Crippen LogP contribution in [0.3, 0.4) is 0 Å². The van der Waals surface area contributed by atoms with Gasteiger partial charge in [-0.25, -0.2) is 0 Å². The second-order valence-corrected chi connectivity index (χ2v) is 3.52.